The lowest BCUT2D eigenvalue weighted by molar-refractivity contribution is 0.245. The number of likely N-dealkylation sites (N-methyl/N-ethyl adjacent to an activating group) is 1. The molecule has 0 amide bonds. The number of nitrogens with zero attached hydrogens (tertiary/aromatic N) is 1. The van der Waals surface area contributed by atoms with E-state index in [2.05, 4.69) is 31.0 Å². The minimum absolute atomic E-state index is 0.697. The van der Waals surface area contributed by atoms with Crippen LogP contribution in [0.25, 0.3) is 0 Å². The summed E-state index contributed by atoms with van der Waals surface area (Å²) in [6.07, 6.45) is 6.89. The Hall–Kier alpha value is -0.0800. The Labute approximate surface area is 102 Å². The molecule has 1 saturated heterocycles. The molecule has 2 unspecified atom stereocenters. The van der Waals surface area contributed by atoms with Crippen LogP contribution in [0, 0.1) is 5.92 Å². The first-order valence-corrected chi connectivity index (χ1v) is 7.25. The summed E-state index contributed by atoms with van der Waals surface area (Å²) in [6.45, 7) is 11.8. The number of likely N-dealkylation sites (tertiary alicyclic amines) is 1. The maximum Gasteiger partial charge on any atom is 0.0192 e. The van der Waals surface area contributed by atoms with Gasteiger partial charge in [-0.25, -0.2) is 0 Å². The van der Waals surface area contributed by atoms with Crippen molar-refractivity contribution in [2.24, 2.45) is 5.92 Å². The van der Waals surface area contributed by atoms with Crippen LogP contribution in [0.5, 0.6) is 0 Å². The van der Waals surface area contributed by atoms with E-state index in [1.807, 2.05) is 0 Å². The first-order chi connectivity index (χ1) is 7.80. The van der Waals surface area contributed by atoms with E-state index in [4.69, 9.17) is 0 Å². The normalized spacial score (nSPS) is 25.3. The third-order valence-electron chi connectivity index (χ3n) is 3.98. The molecule has 0 saturated carbocycles. The van der Waals surface area contributed by atoms with Crippen molar-refractivity contribution >= 4 is 0 Å². The zero-order chi connectivity index (χ0) is 11.8. The third-order valence-corrected chi connectivity index (χ3v) is 3.98. The van der Waals surface area contributed by atoms with Gasteiger partial charge in [-0.2, -0.15) is 0 Å². The van der Waals surface area contributed by atoms with Crippen LogP contribution in [0.2, 0.25) is 0 Å². The Morgan fingerprint density at radius 1 is 1.19 bits per heavy atom. The molecule has 0 spiro atoms. The van der Waals surface area contributed by atoms with Crippen LogP contribution in [-0.2, 0) is 0 Å². The van der Waals surface area contributed by atoms with Gasteiger partial charge in [-0.15, -0.1) is 0 Å². The topological polar surface area (TPSA) is 15.3 Å². The molecule has 1 fully saturated rings. The van der Waals surface area contributed by atoms with Crippen molar-refractivity contribution in [3.8, 4) is 0 Å². The van der Waals surface area contributed by atoms with Crippen molar-refractivity contribution < 1.29 is 0 Å². The summed E-state index contributed by atoms with van der Waals surface area (Å²) in [5, 5.41) is 3.58. The zero-order valence-electron chi connectivity index (χ0n) is 11.5. The molecule has 2 heteroatoms. The predicted molar refractivity (Wildman–Crippen MR) is 71.8 cm³/mol. The quantitative estimate of drug-likeness (QED) is 0.749. The first-order valence-electron chi connectivity index (χ1n) is 7.25. The van der Waals surface area contributed by atoms with Gasteiger partial charge in [0.1, 0.15) is 0 Å². The molecule has 1 aliphatic heterocycles. The molecule has 1 rings (SSSR count). The fourth-order valence-corrected chi connectivity index (χ4v) is 2.75. The largest absolute Gasteiger partial charge is 0.313 e. The van der Waals surface area contributed by atoms with Gasteiger partial charge in [0.25, 0.3) is 0 Å². The van der Waals surface area contributed by atoms with E-state index < -0.39 is 0 Å². The fourth-order valence-electron chi connectivity index (χ4n) is 2.75. The van der Waals surface area contributed by atoms with Crippen LogP contribution >= 0.6 is 0 Å². The molecular formula is C14H30N2. The highest BCUT2D eigenvalue weighted by atomic mass is 15.1. The molecule has 16 heavy (non-hydrogen) atoms. The zero-order valence-corrected chi connectivity index (χ0v) is 11.5. The second kappa shape index (κ2) is 8.08. The summed E-state index contributed by atoms with van der Waals surface area (Å²) in [5.41, 5.74) is 0. The van der Waals surface area contributed by atoms with Crippen molar-refractivity contribution in [1.82, 2.24) is 10.2 Å². The Morgan fingerprint density at radius 2 is 2.00 bits per heavy atom. The SMILES string of the molecule is CCNC(CC)CN1CCCC(CC)CC1. The summed E-state index contributed by atoms with van der Waals surface area (Å²) < 4.78 is 0. The van der Waals surface area contributed by atoms with Gasteiger partial charge in [-0.3, -0.25) is 0 Å². The molecule has 0 radical (unpaired) electrons. The van der Waals surface area contributed by atoms with Crippen molar-refractivity contribution in [3.63, 3.8) is 0 Å². The van der Waals surface area contributed by atoms with Crippen LogP contribution in [-0.4, -0.2) is 37.1 Å². The van der Waals surface area contributed by atoms with Gasteiger partial charge in [0.05, 0.1) is 0 Å². The van der Waals surface area contributed by atoms with Gasteiger partial charge in [-0.05, 0) is 51.2 Å². The average molecular weight is 226 g/mol. The average Bonchev–Trinajstić information content (AvgIpc) is 2.53. The van der Waals surface area contributed by atoms with E-state index in [0.717, 1.165) is 12.5 Å². The Balaban J connectivity index is 2.30. The maximum atomic E-state index is 3.58. The monoisotopic (exact) mass is 226 g/mol. The summed E-state index contributed by atoms with van der Waals surface area (Å²) in [4.78, 5) is 2.67. The fraction of sp³-hybridized carbons (Fsp3) is 1.00. The summed E-state index contributed by atoms with van der Waals surface area (Å²) >= 11 is 0. The minimum Gasteiger partial charge on any atom is -0.313 e. The van der Waals surface area contributed by atoms with Crippen molar-refractivity contribution in [2.45, 2.75) is 58.9 Å². The Bertz CT molecular complexity index is 170. The van der Waals surface area contributed by atoms with E-state index in [1.165, 1.54) is 51.7 Å². The van der Waals surface area contributed by atoms with Crippen LogP contribution in [0.1, 0.15) is 52.9 Å². The molecule has 2 nitrogen and oxygen atoms in total. The van der Waals surface area contributed by atoms with E-state index in [9.17, 15) is 0 Å². The number of rotatable bonds is 6. The van der Waals surface area contributed by atoms with Crippen LogP contribution < -0.4 is 5.32 Å². The molecule has 0 bridgehead atoms. The minimum atomic E-state index is 0.697. The van der Waals surface area contributed by atoms with Crippen molar-refractivity contribution in [3.05, 3.63) is 0 Å². The highest BCUT2D eigenvalue weighted by Gasteiger charge is 2.17. The summed E-state index contributed by atoms with van der Waals surface area (Å²) in [5.74, 6) is 0.990. The van der Waals surface area contributed by atoms with Gasteiger partial charge in [0, 0.05) is 12.6 Å². The lowest BCUT2D eigenvalue weighted by atomic mass is 9.98. The number of hydrogen-bond acceptors (Lipinski definition) is 2. The Morgan fingerprint density at radius 3 is 2.62 bits per heavy atom. The highest BCUT2D eigenvalue weighted by Crippen LogP contribution is 2.20. The van der Waals surface area contributed by atoms with Crippen molar-refractivity contribution in [2.75, 3.05) is 26.2 Å². The molecule has 1 aliphatic rings. The number of nitrogens with one attached hydrogen (secondary N) is 1. The van der Waals surface area contributed by atoms with E-state index in [0.29, 0.717) is 6.04 Å². The van der Waals surface area contributed by atoms with Crippen LogP contribution in [0.3, 0.4) is 0 Å². The smallest absolute Gasteiger partial charge is 0.0192 e. The number of hydrogen-bond donors (Lipinski definition) is 1. The summed E-state index contributed by atoms with van der Waals surface area (Å²) in [7, 11) is 0. The van der Waals surface area contributed by atoms with Gasteiger partial charge in [0.15, 0.2) is 0 Å². The van der Waals surface area contributed by atoms with E-state index in [1.54, 1.807) is 0 Å². The molecular weight excluding hydrogens is 196 g/mol. The molecule has 96 valence electrons. The Kier molecular flexibility index (Phi) is 7.06. The van der Waals surface area contributed by atoms with Crippen molar-refractivity contribution in [1.29, 1.82) is 0 Å². The van der Waals surface area contributed by atoms with Gasteiger partial charge < -0.3 is 10.2 Å². The molecule has 0 aromatic rings. The third kappa shape index (κ3) is 4.84. The molecule has 0 aromatic carbocycles. The lowest BCUT2D eigenvalue weighted by Gasteiger charge is -2.26. The summed E-state index contributed by atoms with van der Waals surface area (Å²) in [6, 6.07) is 0.697. The van der Waals surface area contributed by atoms with Crippen LogP contribution in [0.4, 0.5) is 0 Å². The second-order valence-corrected chi connectivity index (χ2v) is 5.17. The predicted octanol–water partition coefficient (Wildman–Crippen LogP) is 2.89. The molecule has 0 aromatic heterocycles. The van der Waals surface area contributed by atoms with Gasteiger partial charge >= 0.3 is 0 Å². The van der Waals surface area contributed by atoms with Gasteiger partial charge in [0.2, 0.25) is 0 Å². The second-order valence-electron chi connectivity index (χ2n) is 5.17. The molecule has 0 aliphatic carbocycles. The van der Waals surface area contributed by atoms with E-state index in [-0.39, 0.29) is 0 Å². The highest BCUT2D eigenvalue weighted by molar-refractivity contribution is 4.74. The van der Waals surface area contributed by atoms with Crippen LogP contribution in [0.15, 0.2) is 0 Å². The maximum absolute atomic E-state index is 3.58. The lowest BCUT2D eigenvalue weighted by Crippen LogP contribution is -2.41. The molecule has 1 heterocycles. The molecule has 2 atom stereocenters. The molecule has 1 N–H and O–H groups in total. The first kappa shape index (κ1) is 14.0. The van der Waals surface area contributed by atoms with Gasteiger partial charge in [-0.1, -0.05) is 27.2 Å². The standard InChI is InChI=1S/C14H30N2/c1-4-13-8-7-10-16(11-9-13)12-14(5-2)15-6-3/h13-15H,4-12H2,1-3H3. The van der Waals surface area contributed by atoms with E-state index >= 15 is 0 Å².